The molecule has 0 aromatic heterocycles. The average Bonchev–Trinajstić information content (AvgIpc) is 2.70. The topological polar surface area (TPSA) is 38.3 Å². The van der Waals surface area contributed by atoms with Crippen molar-refractivity contribution in [2.75, 3.05) is 7.11 Å². The van der Waals surface area contributed by atoms with Gasteiger partial charge in [-0.2, -0.15) is 0 Å². The SMILES string of the molecule is COC(=O)C(C1CCCC1)C(C)NCl. The molecule has 0 radical (unpaired) electrons. The molecule has 0 amide bonds. The molecule has 0 aromatic rings. The molecule has 2 atom stereocenters. The molecule has 1 aliphatic rings. The molecule has 1 fully saturated rings. The minimum atomic E-state index is -0.141. The number of halogens is 1. The number of carbonyl (C=O) groups excluding carboxylic acids is 1. The fourth-order valence-electron chi connectivity index (χ4n) is 2.33. The van der Waals surface area contributed by atoms with E-state index in [1.165, 1.54) is 20.0 Å². The van der Waals surface area contributed by atoms with Crippen LogP contribution in [0.25, 0.3) is 0 Å². The first-order chi connectivity index (χ1) is 6.70. The Kier molecular flexibility index (Phi) is 4.69. The van der Waals surface area contributed by atoms with Crippen LogP contribution in [-0.2, 0) is 9.53 Å². The second kappa shape index (κ2) is 5.56. The quantitative estimate of drug-likeness (QED) is 0.581. The van der Waals surface area contributed by atoms with E-state index in [0.717, 1.165) is 12.8 Å². The number of nitrogens with one attached hydrogen (secondary N) is 1. The summed E-state index contributed by atoms with van der Waals surface area (Å²) in [7, 11) is 1.44. The van der Waals surface area contributed by atoms with Crippen LogP contribution in [0.1, 0.15) is 32.6 Å². The minimum Gasteiger partial charge on any atom is -0.469 e. The van der Waals surface area contributed by atoms with Gasteiger partial charge in [-0.15, -0.1) is 0 Å². The molecule has 0 saturated heterocycles. The summed E-state index contributed by atoms with van der Waals surface area (Å²) in [6.45, 7) is 1.92. The molecule has 82 valence electrons. The van der Waals surface area contributed by atoms with Crippen molar-refractivity contribution in [1.82, 2.24) is 4.84 Å². The van der Waals surface area contributed by atoms with Crippen molar-refractivity contribution < 1.29 is 9.53 Å². The molecule has 4 heteroatoms. The van der Waals surface area contributed by atoms with Gasteiger partial charge in [0.05, 0.1) is 13.0 Å². The molecule has 0 heterocycles. The summed E-state index contributed by atoms with van der Waals surface area (Å²) in [6.07, 6.45) is 4.66. The smallest absolute Gasteiger partial charge is 0.310 e. The average molecular weight is 220 g/mol. The first-order valence-corrected chi connectivity index (χ1v) is 5.52. The lowest BCUT2D eigenvalue weighted by Gasteiger charge is -2.25. The van der Waals surface area contributed by atoms with Crippen molar-refractivity contribution in [3.05, 3.63) is 0 Å². The van der Waals surface area contributed by atoms with Crippen LogP contribution in [-0.4, -0.2) is 19.1 Å². The molecule has 1 N–H and O–H groups in total. The van der Waals surface area contributed by atoms with Gasteiger partial charge in [0, 0.05) is 6.04 Å². The highest BCUT2D eigenvalue weighted by Crippen LogP contribution is 2.33. The van der Waals surface area contributed by atoms with E-state index in [2.05, 4.69) is 4.84 Å². The lowest BCUT2D eigenvalue weighted by molar-refractivity contribution is -0.148. The molecule has 2 unspecified atom stereocenters. The highest BCUT2D eigenvalue weighted by atomic mass is 35.5. The molecule has 14 heavy (non-hydrogen) atoms. The molecule has 0 aromatic carbocycles. The molecule has 1 aliphatic carbocycles. The summed E-state index contributed by atoms with van der Waals surface area (Å²) >= 11 is 5.57. The van der Waals surface area contributed by atoms with Gasteiger partial charge in [-0.1, -0.05) is 12.8 Å². The van der Waals surface area contributed by atoms with E-state index in [0.29, 0.717) is 5.92 Å². The Hall–Kier alpha value is -0.280. The lowest BCUT2D eigenvalue weighted by Crippen LogP contribution is -2.38. The molecule has 0 spiro atoms. The Morgan fingerprint density at radius 3 is 2.50 bits per heavy atom. The number of carbonyl (C=O) groups is 1. The summed E-state index contributed by atoms with van der Waals surface area (Å²) in [4.78, 5) is 14.2. The Balaban J connectivity index is 2.64. The number of hydrogen-bond acceptors (Lipinski definition) is 3. The largest absolute Gasteiger partial charge is 0.469 e. The van der Waals surface area contributed by atoms with Gasteiger partial charge < -0.3 is 4.74 Å². The van der Waals surface area contributed by atoms with Crippen molar-refractivity contribution in [2.45, 2.75) is 38.6 Å². The highest BCUT2D eigenvalue weighted by Gasteiger charge is 2.35. The van der Waals surface area contributed by atoms with Crippen molar-refractivity contribution in [3.8, 4) is 0 Å². The first kappa shape index (κ1) is 11.8. The molecular formula is C10H18ClNO2. The minimum absolute atomic E-state index is 0.0211. The van der Waals surface area contributed by atoms with E-state index < -0.39 is 0 Å². The summed E-state index contributed by atoms with van der Waals surface area (Å²) in [5.41, 5.74) is 0. The molecule has 0 aliphatic heterocycles. The third-order valence-corrected chi connectivity index (χ3v) is 3.44. The lowest BCUT2D eigenvalue weighted by atomic mass is 9.86. The number of ether oxygens (including phenoxy) is 1. The molecule has 1 rings (SSSR count). The van der Waals surface area contributed by atoms with E-state index in [-0.39, 0.29) is 17.9 Å². The van der Waals surface area contributed by atoms with Crippen LogP contribution in [0, 0.1) is 11.8 Å². The van der Waals surface area contributed by atoms with Crippen molar-refractivity contribution in [1.29, 1.82) is 0 Å². The van der Waals surface area contributed by atoms with E-state index in [1.54, 1.807) is 0 Å². The van der Waals surface area contributed by atoms with Crippen LogP contribution < -0.4 is 4.84 Å². The Bertz CT molecular complexity index is 193. The van der Waals surface area contributed by atoms with Gasteiger partial charge in [-0.3, -0.25) is 4.79 Å². The standard InChI is InChI=1S/C10H18ClNO2/c1-7(12-11)9(10(13)14-2)8-5-3-4-6-8/h7-9,12H,3-6H2,1-2H3. The van der Waals surface area contributed by atoms with Crippen LogP contribution in [0.15, 0.2) is 0 Å². The van der Waals surface area contributed by atoms with Crippen molar-refractivity contribution in [3.63, 3.8) is 0 Å². The maximum Gasteiger partial charge on any atom is 0.310 e. The zero-order valence-corrected chi connectivity index (χ0v) is 9.51. The number of esters is 1. The number of methoxy groups -OCH3 is 1. The van der Waals surface area contributed by atoms with Gasteiger partial charge in [0.1, 0.15) is 0 Å². The Labute approximate surface area is 90.3 Å². The zero-order valence-electron chi connectivity index (χ0n) is 8.75. The van der Waals surface area contributed by atoms with E-state index in [9.17, 15) is 4.79 Å². The second-order valence-corrected chi connectivity index (χ2v) is 4.21. The third-order valence-electron chi connectivity index (χ3n) is 3.09. The van der Waals surface area contributed by atoms with Crippen molar-refractivity contribution in [2.24, 2.45) is 11.8 Å². The van der Waals surface area contributed by atoms with Gasteiger partial charge in [-0.25, -0.2) is 4.84 Å². The van der Waals surface area contributed by atoms with Crippen LogP contribution in [0.3, 0.4) is 0 Å². The van der Waals surface area contributed by atoms with Gasteiger partial charge >= 0.3 is 5.97 Å². The van der Waals surface area contributed by atoms with Crippen LogP contribution in [0.4, 0.5) is 0 Å². The van der Waals surface area contributed by atoms with E-state index >= 15 is 0 Å². The maximum absolute atomic E-state index is 11.6. The maximum atomic E-state index is 11.6. The predicted octanol–water partition coefficient (Wildman–Crippen LogP) is 2.10. The van der Waals surface area contributed by atoms with E-state index in [4.69, 9.17) is 16.5 Å². The second-order valence-electron chi connectivity index (χ2n) is 3.99. The predicted molar refractivity (Wildman–Crippen MR) is 55.9 cm³/mol. The van der Waals surface area contributed by atoms with E-state index in [1.807, 2.05) is 6.92 Å². The van der Waals surface area contributed by atoms with Gasteiger partial charge in [0.2, 0.25) is 0 Å². The number of hydrogen-bond donors (Lipinski definition) is 1. The summed E-state index contributed by atoms with van der Waals surface area (Å²) in [6, 6.07) is -0.0211. The first-order valence-electron chi connectivity index (χ1n) is 5.14. The fraction of sp³-hybridized carbons (Fsp3) is 0.900. The number of rotatable bonds is 4. The monoisotopic (exact) mass is 219 g/mol. The summed E-state index contributed by atoms with van der Waals surface area (Å²) in [5.74, 6) is 0.196. The summed E-state index contributed by atoms with van der Waals surface area (Å²) < 4.78 is 4.81. The molecular weight excluding hydrogens is 202 g/mol. The van der Waals surface area contributed by atoms with Gasteiger partial charge in [0.15, 0.2) is 0 Å². The molecule has 3 nitrogen and oxygen atoms in total. The normalized spacial score (nSPS) is 21.9. The van der Waals surface area contributed by atoms with Gasteiger partial charge in [0.25, 0.3) is 0 Å². The highest BCUT2D eigenvalue weighted by molar-refractivity contribution is 6.13. The van der Waals surface area contributed by atoms with Crippen molar-refractivity contribution >= 4 is 17.7 Å². The summed E-state index contributed by atoms with van der Waals surface area (Å²) in [5, 5.41) is 0. The van der Waals surface area contributed by atoms with Crippen LogP contribution in [0.5, 0.6) is 0 Å². The Morgan fingerprint density at radius 1 is 1.50 bits per heavy atom. The fourth-order valence-corrected chi connectivity index (χ4v) is 2.46. The molecule has 0 bridgehead atoms. The molecule has 1 saturated carbocycles. The van der Waals surface area contributed by atoms with Crippen LogP contribution >= 0.6 is 11.8 Å². The van der Waals surface area contributed by atoms with Crippen LogP contribution in [0.2, 0.25) is 0 Å². The van der Waals surface area contributed by atoms with Gasteiger partial charge in [-0.05, 0) is 37.5 Å². The zero-order chi connectivity index (χ0) is 10.6. The third kappa shape index (κ3) is 2.61. The Morgan fingerprint density at radius 2 is 2.07 bits per heavy atom.